The predicted molar refractivity (Wildman–Crippen MR) is 96.2 cm³/mol. The Morgan fingerprint density at radius 3 is 2.15 bits per heavy atom. The van der Waals surface area contributed by atoms with Crippen molar-refractivity contribution in [3.05, 3.63) is 58.7 Å². The quantitative estimate of drug-likeness (QED) is 0.416. The first kappa shape index (κ1) is 19.1. The molecule has 0 aliphatic heterocycles. The summed E-state index contributed by atoms with van der Waals surface area (Å²) in [5.74, 6) is -2.64. The minimum absolute atomic E-state index is 0.156. The fourth-order valence-electron chi connectivity index (χ4n) is 2.39. The lowest BCUT2D eigenvalue weighted by Gasteiger charge is -2.10. The Morgan fingerprint density at radius 1 is 0.962 bits per heavy atom. The van der Waals surface area contributed by atoms with E-state index in [1.165, 1.54) is 37.4 Å². The molecular formula is C20H20O6. The molecule has 0 fully saturated rings. The number of carbonyl (C=O) groups is 2. The summed E-state index contributed by atoms with van der Waals surface area (Å²) in [4.78, 5) is 25.0. The number of carbonyl (C=O) groups excluding carboxylic acids is 2. The van der Waals surface area contributed by atoms with Crippen molar-refractivity contribution in [2.45, 2.75) is 20.3 Å². The third-order valence-electron chi connectivity index (χ3n) is 3.87. The van der Waals surface area contributed by atoms with Gasteiger partial charge in [0.15, 0.2) is 0 Å². The van der Waals surface area contributed by atoms with Gasteiger partial charge in [0.1, 0.15) is 23.0 Å². The highest BCUT2D eigenvalue weighted by Crippen LogP contribution is 2.33. The Kier molecular flexibility index (Phi) is 5.67. The highest BCUT2D eigenvalue weighted by molar-refractivity contribution is 6.50. The first-order chi connectivity index (χ1) is 12.3. The summed E-state index contributed by atoms with van der Waals surface area (Å²) in [6, 6.07) is 6.37. The Bertz CT molecular complexity index is 891. The van der Waals surface area contributed by atoms with Crippen molar-refractivity contribution in [2.24, 2.45) is 0 Å². The maximum Gasteiger partial charge on any atom is 0.237 e. The van der Waals surface area contributed by atoms with Crippen molar-refractivity contribution in [2.75, 3.05) is 7.11 Å². The van der Waals surface area contributed by atoms with Gasteiger partial charge in [0.2, 0.25) is 11.6 Å². The first-order valence-electron chi connectivity index (χ1n) is 7.89. The summed E-state index contributed by atoms with van der Waals surface area (Å²) < 4.78 is 4.94. The van der Waals surface area contributed by atoms with Crippen LogP contribution in [0.3, 0.4) is 0 Å². The number of phenolic OH excluding ortho intramolecular Hbond substituents is 3. The van der Waals surface area contributed by atoms with Gasteiger partial charge >= 0.3 is 0 Å². The molecule has 2 aromatic carbocycles. The Labute approximate surface area is 151 Å². The molecule has 0 aliphatic rings. The molecule has 2 aromatic rings. The predicted octanol–water partition coefficient (Wildman–Crippen LogP) is 3.39. The summed E-state index contributed by atoms with van der Waals surface area (Å²) >= 11 is 0. The first-order valence-corrected chi connectivity index (χ1v) is 7.89. The van der Waals surface area contributed by atoms with Gasteiger partial charge in [-0.2, -0.15) is 0 Å². The topological polar surface area (TPSA) is 104 Å². The molecule has 136 valence electrons. The molecule has 6 nitrogen and oxygen atoms in total. The number of ketones is 2. The number of Topliss-reactive ketones (excluding diaryl/α,β-unsaturated/α-hetero) is 2. The number of aromatic hydroxyl groups is 3. The molecule has 0 amide bonds. The lowest BCUT2D eigenvalue weighted by molar-refractivity contribution is 0.0813. The number of ether oxygens (including phenoxy) is 1. The molecule has 0 atom stereocenters. The van der Waals surface area contributed by atoms with E-state index in [4.69, 9.17) is 4.74 Å². The molecule has 0 saturated carbocycles. The van der Waals surface area contributed by atoms with E-state index in [0.29, 0.717) is 5.75 Å². The van der Waals surface area contributed by atoms with Crippen LogP contribution in [0.1, 0.15) is 40.1 Å². The number of methoxy groups -OCH3 is 1. The molecule has 26 heavy (non-hydrogen) atoms. The maximum atomic E-state index is 12.5. The number of phenols is 3. The molecule has 0 bridgehead atoms. The standard InChI is InChI=1S/C20H20O6/c1-11(2)4-6-13-16(21)9-8-15(18(13)23)20(25)19(24)14-7-5-12(26-3)10-17(14)22/h4-5,7-10,21-23H,6H2,1-3H3. The maximum absolute atomic E-state index is 12.5. The second kappa shape index (κ2) is 7.74. The van der Waals surface area contributed by atoms with Crippen molar-refractivity contribution in [3.63, 3.8) is 0 Å². The molecular weight excluding hydrogens is 336 g/mol. The zero-order chi connectivity index (χ0) is 19.4. The van der Waals surface area contributed by atoms with Crippen LogP contribution in [0, 0.1) is 0 Å². The average Bonchev–Trinajstić information content (AvgIpc) is 2.60. The molecule has 3 N–H and O–H groups in total. The van der Waals surface area contributed by atoms with E-state index in [1.807, 2.05) is 13.8 Å². The smallest absolute Gasteiger partial charge is 0.237 e. The van der Waals surface area contributed by atoms with Gasteiger partial charge in [-0.15, -0.1) is 0 Å². The number of allylic oxidation sites excluding steroid dienone is 2. The highest BCUT2D eigenvalue weighted by Gasteiger charge is 2.26. The van der Waals surface area contributed by atoms with Gasteiger partial charge in [-0.25, -0.2) is 0 Å². The average molecular weight is 356 g/mol. The van der Waals surface area contributed by atoms with Crippen LogP contribution in [0.4, 0.5) is 0 Å². The van der Waals surface area contributed by atoms with Crippen LogP contribution in [0.2, 0.25) is 0 Å². The summed E-state index contributed by atoms with van der Waals surface area (Å²) in [6.45, 7) is 3.72. The molecule has 0 heterocycles. The summed E-state index contributed by atoms with van der Waals surface area (Å²) in [7, 11) is 1.41. The normalized spacial score (nSPS) is 10.3. The molecule has 0 unspecified atom stereocenters. The minimum Gasteiger partial charge on any atom is -0.508 e. The largest absolute Gasteiger partial charge is 0.508 e. The van der Waals surface area contributed by atoms with E-state index in [1.54, 1.807) is 6.08 Å². The monoisotopic (exact) mass is 356 g/mol. The lowest BCUT2D eigenvalue weighted by atomic mass is 9.96. The summed E-state index contributed by atoms with van der Waals surface area (Å²) in [5.41, 5.74) is 0.692. The van der Waals surface area contributed by atoms with Gasteiger partial charge < -0.3 is 20.1 Å². The molecule has 0 aliphatic carbocycles. The van der Waals surface area contributed by atoms with Gasteiger partial charge in [0.05, 0.1) is 18.2 Å². The second-order valence-corrected chi connectivity index (χ2v) is 5.99. The van der Waals surface area contributed by atoms with Crippen LogP contribution in [-0.2, 0) is 6.42 Å². The van der Waals surface area contributed by atoms with E-state index in [0.717, 1.165) is 5.57 Å². The van der Waals surface area contributed by atoms with Crippen LogP contribution >= 0.6 is 0 Å². The lowest BCUT2D eigenvalue weighted by Crippen LogP contribution is -2.15. The van der Waals surface area contributed by atoms with Gasteiger partial charge in [-0.1, -0.05) is 11.6 Å². The Hall–Kier alpha value is -3.28. The van der Waals surface area contributed by atoms with Crippen LogP contribution in [0.15, 0.2) is 42.0 Å². The number of hydrogen-bond acceptors (Lipinski definition) is 6. The number of hydrogen-bond donors (Lipinski definition) is 3. The van der Waals surface area contributed by atoms with E-state index < -0.39 is 23.1 Å². The minimum atomic E-state index is -0.985. The molecule has 0 saturated heterocycles. The van der Waals surface area contributed by atoms with Crippen LogP contribution in [0.25, 0.3) is 0 Å². The highest BCUT2D eigenvalue weighted by atomic mass is 16.5. The SMILES string of the molecule is COc1ccc(C(=O)C(=O)c2ccc(O)c(CC=C(C)C)c2O)c(O)c1. The van der Waals surface area contributed by atoms with Crippen LogP contribution in [0.5, 0.6) is 23.0 Å². The molecule has 0 spiro atoms. The van der Waals surface area contributed by atoms with Crippen molar-refractivity contribution in [1.29, 1.82) is 0 Å². The van der Waals surface area contributed by atoms with Crippen LogP contribution < -0.4 is 4.74 Å². The van der Waals surface area contributed by atoms with Gasteiger partial charge in [0, 0.05) is 11.6 Å². The van der Waals surface area contributed by atoms with E-state index in [9.17, 15) is 24.9 Å². The summed E-state index contributed by atoms with van der Waals surface area (Å²) in [5, 5.41) is 30.2. The van der Waals surface area contributed by atoms with Crippen molar-refractivity contribution in [1.82, 2.24) is 0 Å². The zero-order valence-corrected chi connectivity index (χ0v) is 14.7. The van der Waals surface area contributed by atoms with E-state index in [2.05, 4.69) is 0 Å². The van der Waals surface area contributed by atoms with E-state index >= 15 is 0 Å². The van der Waals surface area contributed by atoms with Crippen molar-refractivity contribution in [3.8, 4) is 23.0 Å². The second-order valence-electron chi connectivity index (χ2n) is 5.99. The third kappa shape index (κ3) is 3.85. The van der Waals surface area contributed by atoms with Crippen molar-refractivity contribution >= 4 is 11.6 Å². The van der Waals surface area contributed by atoms with E-state index in [-0.39, 0.29) is 28.9 Å². The Balaban J connectivity index is 2.42. The Morgan fingerprint density at radius 2 is 1.58 bits per heavy atom. The fraction of sp³-hybridized carbons (Fsp3) is 0.200. The fourth-order valence-corrected chi connectivity index (χ4v) is 2.39. The molecule has 0 radical (unpaired) electrons. The molecule has 0 aromatic heterocycles. The molecule has 6 heteroatoms. The van der Waals surface area contributed by atoms with Gasteiger partial charge in [-0.3, -0.25) is 9.59 Å². The van der Waals surface area contributed by atoms with Gasteiger partial charge in [-0.05, 0) is 44.5 Å². The third-order valence-corrected chi connectivity index (χ3v) is 3.87. The van der Waals surface area contributed by atoms with Crippen molar-refractivity contribution < 1.29 is 29.6 Å². The van der Waals surface area contributed by atoms with Gasteiger partial charge in [0.25, 0.3) is 0 Å². The zero-order valence-electron chi connectivity index (χ0n) is 14.7. The van der Waals surface area contributed by atoms with Crippen LogP contribution in [-0.4, -0.2) is 34.0 Å². The number of benzene rings is 2. The molecule has 2 rings (SSSR count). The number of rotatable bonds is 6. The summed E-state index contributed by atoms with van der Waals surface area (Å²) in [6.07, 6.45) is 1.99.